The van der Waals surface area contributed by atoms with E-state index in [0.717, 1.165) is 31.7 Å². The van der Waals surface area contributed by atoms with Crippen LogP contribution in [0.2, 0.25) is 5.02 Å². The Bertz CT molecular complexity index is 1070. The van der Waals surface area contributed by atoms with E-state index in [2.05, 4.69) is 35.3 Å². The Balaban J connectivity index is 1.33. The van der Waals surface area contributed by atoms with Gasteiger partial charge in [-0.3, -0.25) is 0 Å². The second-order valence-electron chi connectivity index (χ2n) is 7.54. The smallest absolute Gasteiger partial charge is 0.250 e. The second-order valence-corrected chi connectivity index (χ2v) is 7.98. The number of aromatic nitrogens is 3. The lowest BCUT2D eigenvalue weighted by Gasteiger charge is -2.30. The highest BCUT2D eigenvalue weighted by Gasteiger charge is 2.20. The first kappa shape index (κ1) is 21.6. The number of hydrogen-bond acceptors (Lipinski definition) is 10. The van der Waals surface area contributed by atoms with Gasteiger partial charge in [-0.1, -0.05) is 23.7 Å². The van der Waals surface area contributed by atoms with Gasteiger partial charge in [-0.05, 0) is 24.3 Å². The van der Waals surface area contributed by atoms with Crippen LogP contribution in [0.15, 0.2) is 45.9 Å². The van der Waals surface area contributed by atoms with Crippen LogP contribution >= 0.6 is 11.6 Å². The third-order valence-corrected chi connectivity index (χ3v) is 5.53. The minimum atomic E-state index is 0.367. The van der Waals surface area contributed by atoms with Gasteiger partial charge in [-0.2, -0.15) is 20.1 Å². The van der Waals surface area contributed by atoms with Crippen molar-refractivity contribution in [1.29, 1.82) is 0 Å². The van der Waals surface area contributed by atoms with Crippen molar-refractivity contribution in [3.63, 3.8) is 0 Å². The Morgan fingerprint density at radius 2 is 1.55 bits per heavy atom. The summed E-state index contributed by atoms with van der Waals surface area (Å²) in [4.78, 5) is 18.0. The van der Waals surface area contributed by atoms with Crippen molar-refractivity contribution >= 4 is 35.7 Å². The van der Waals surface area contributed by atoms with E-state index in [1.807, 2.05) is 36.4 Å². The van der Waals surface area contributed by atoms with Gasteiger partial charge >= 0.3 is 0 Å². The van der Waals surface area contributed by atoms with Gasteiger partial charge in [0.2, 0.25) is 17.8 Å². The number of benzene rings is 1. The maximum atomic E-state index is 6.07. The highest BCUT2D eigenvalue weighted by Crippen LogP contribution is 2.24. The van der Waals surface area contributed by atoms with Gasteiger partial charge in [-0.15, -0.1) is 0 Å². The number of halogens is 1. The average molecular weight is 470 g/mol. The molecule has 3 aromatic rings. The maximum Gasteiger partial charge on any atom is 0.250 e. The van der Waals surface area contributed by atoms with Crippen LogP contribution in [0.3, 0.4) is 0 Å². The number of rotatable bonds is 6. The average Bonchev–Trinajstić information content (AvgIpc) is 3.34. The van der Waals surface area contributed by atoms with Crippen LogP contribution in [0.25, 0.3) is 11.3 Å². The lowest BCUT2D eigenvalue weighted by molar-refractivity contribution is 0.121. The standard InChI is InChI=1S/C22H24ClN7O3/c23-17-3-1-2-16(14-17)19-5-4-18(33-19)15-24-28-20-25-21(29-6-10-31-11-7-29)27-22(26-20)30-8-12-32-13-9-30/h1-5,14-15H,6-13H2,(H,25,26,27,28). The molecular formula is C22H24ClN7O3. The topological polar surface area (TPSA) is 101 Å². The van der Waals surface area contributed by atoms with E-state index >= 15 is 0 Å². The fourth-order valence-corrected chi connectivity index (χ4v) is 3.78. The molecule has 5 rings (SSSR count). The molecule has 4 heterocycles. The summed E-state index contributed by atoms with van der Waals surface area (Å²) in [7, 11) is 0. The molecule has 0 spiro atoms. The van der Waals surface area contributed by atoms with Crippen molar-refractivity contribution in [3.8, 4) is 11.3 Å². The number of hydrogen-bond donors (Lipinski definition) is 1. The summed E-state index contributed by atoms with van der Waals surface area (Å²) in [6.45, 7) is 5.50. The third-order valence-electron chi connectivity index (χ3n) is 5.29. The summed E-state index contributed by atoms with van der Waals surface area (Å²) in [5, 5.41) is 4.93. The molecule has 33 heavy (non-hydrogen) atoms. The molecule has 2 aromatic heterocycles. The minimum absolute atomic E-state index is 0.367. The second kappa shape index (κ2) is 10.2. The van der Waals surface area contributed by atoms with Crippen molar-refractivity contribution < 1.29 is 13.9 Å². The van der Waals surface area contributed by atoms with Crippen molar-refractivity contribution in [2.24, 2.45) is 5.10 Å². The summed E-state index contributed by atoms with van der Waals surface area (Å²) >= 11 is 6.07. The molecule has 2 aliphatic heterocycles. The van der Waals surface area contributed by atoms with Crippen LogP contribution in [0.5, 0.6) is 0 Å². The van der Waals surface area contributed by atoms with Crippen LogP contribution in [-0.2, 0) is 9.47 Å². The number of morpholine rings is 2. The number of nitrogens with one attached hydrogen (secondary N) is 1. The Hall–Kier alpha value is -3.21. The molecule has 0 radical (unpaired) electrons. The number of nitrogens with zero attached hydrogens (tertiary/aromatic N) is 6. The SMILES string of the molecule is Clc1cccc(-c2ccc(C=NNc3nc(N4CCOCC4)nc(N4CCOCC4)n3)o2)c1. The molecule has 0 atom stereocenters. The van der Waals surface area contributed by atoms with E-state index < -0.39 is 0 Å². The van der Waals surface area contributed by atoms with Crippen molar-refractivity contribution in [3.05, 3.63) is 47.2 Å². The van der Waals surface area contributed by atoms with Gasteiger partial charge in [0, 0.05) is 36.8 Å². The summed E-state index contributed by atoms with van der Waals surface area (Å²) in [5.74, 6) is 2.88. The number of furan rings is 1. The molecule has 11 heteroatoms. The monoisotopic (exact) mass is 469 g/mol. The fourth-order valence-electron chi connectivity index (χ4n) is 3.59. The number of ether oxygens (including phenoxy) is 2. The Morgan fingerprint density at radius 3 is 2.18 bits per heavy atom. The quantitative estimate of drug-likeness (QED) is 0.431. The molecule has 0 amide bonds. The highest BCUT2D eigenvalue weighted by molar-refractivity contribution is 6.30. The van der Waals surface area contributed by atoms with Gasteiger partial charge in [-0.25, -0.2) is 5.43 Å². The largest absolute Gasteiger partial charge is 0.455 e. The fraction of sp³-hybridized carbons (Fsp3) is 0.364. The van der Waals surface area contributed by atoms with Crippen LogP contribution in [0, 0.1) is 0 Å². The number of hydrazone groups is 1. The molecule has 0 saturated carbocycles. The van der Waals surface area contributed by atoms with E-state index in [9.17, 15) is 0 Å². The molecule has 1 N–H and O–H groups in total. The zero-order chi connectivity index (χ0) is 22.5. The van der Waals surface area contributed by atoms with Crippen LogP contribution < -0.4 is 15.2 Å². The molecule has 0 aliphatic carbocycles. The van der Waals surface area contributed by atoms with E-state index in [4.69, 9.17) is 25.5 Å². The van der Waals surface area contributed by atoms with Gasteiger partial charge in [0.1, 0.15) is 11.5 Å². The Labute approximate surface area is 196 Å². The van der Waals surface area contributed by atoms with Gasteiger partial charge in [0.05, 0.1) is 32.6 Å². The first-order valence-electron chi connectivity index (χ1n) is 10.8. The maximum absolute atomic E-state index is 6.07. The first-order chi connectivity index (χ1) is 16.2. The zero-order valence-electron chi connectivity index (χ0n) is 18.0. The summed E-state index contributed by atoms with van der Waals surface area (Å²) < 4.78 is 16.8. The van der Waals surface area contributed by atoms with Crippen LogP contribution in [-0.4, -0.2) is 73.8 Å². The molecule has 0 unspecified atom stereocenters. The predicted octanol–water partition coefficient (Wildman–Crippen LogP) is 2.90. The van der Waals surface area contributed by atoms with Crippen molar-refractivity contribution in [1.82, 2.24) is 15.0 Å². The molecule has 0 bridgehead atoms. The Morgan fingerprint density at radius 1 is 0.879 bits per heavy atom. The summed E-state index contributed by atoms with van der Waals surface area (Å²) in [5.41, 5.74) is 3.82. The molecule has 2 fully saturated rings. The lowest BCUT2D eigenvalue weighted by atomic mass is 10.2. The van der Waals surface area contributed by atoms with Gasteiger partial charge < -0.3 is 23.7 Å². The molecule has 2 saturated heterocycles. The summed E-state index contributed by atoms with van der Waals surface area (Å²) in [6, 6.07) is 11.2. The van der Waals surface area contributed by atoms with Gasteiger partial charge in [0.25, 0.3) is 0 Å². The van der Waals surface area contributed by atoms with E-state index in [1.165, 1.54) is 0 Å². The Kier molecular flexibility index (Phi) is 6.66. The molecule has 2 aliphatic rings. The number of anilines is 3. The molecule has 10 nitrogen and oxygen atoms in total. The van der Waals surface area contributed by atoms with E-state index in [-0.39, 0.29) is 0 Å². The molecule has 172 valence electrons. The predicted molar refractivity (Wildman–Crippen MR) is 126 cm³/mol. The zero-order valence-corrected chi connectivity index (χ0v) is 18.7. The van der Waals surface area contributed by atoms with Gasteiger partial charge in [0.15, 0.2) is 0 Å². The summed E-state index contributed by atoms with van der Waals surface area (Å²) in [6.07, 6.45) is 1.58. The van der Waals surface area contributed by atoms with Crippen LogP contribution in [0.4, 0.5) is 17.8 Å². The lowest BCUT2D eigenvalue weighted by Crippen LogP contribution is -2.40. The molecule has 1 aromatic carbocycles. The normalized spacial score (nSPS) is 17.0. The van der Waals surface area contributed by atoms with E-state index in [1.54, 1.807) is 6.21 Å². The van der Waals surface area contributed by atoms with Crippen LogP contribution in [0.1, 0.15) is 5.76 Å². The van der Waals surface area contributed by atoms with E-state index in [0.29, 0.717) is 60.8 Å². The minimum Gasteiger partial charge on any atom is -0.455 e. The molecular weight excluding hydrogens is 446 g/mol. The van der Waals surface area contributed by atoms with Crippen molar-refractivity contribution in [2.45, 2.75) is 0 Å². The first-order valence-corrected chi connectivity index (χ1v) is 11.2. The van der Waals surface area contributed by atoms with Crippen molar-refractivity contribution in [2.75, 3.05) is 67.8 Å². The highest BCUT2D eigenvalue weighted by atomic mass is 35.5. The third kappa shape index (κ3) is 5.41.